The number of amides is 1. The lowest BCUT2D eigenvalue weighted by molar-refractivity contribution is -0.141. The maximum Gasteiger partial charge on any atom is 0.406 e. The first kappa shape index (κ1) is 15.8. The van der Waals surface area contributed by atoms with Crippen LogP contribution in [0.25, 0.3) is 0 Å². The van der Waals surface area contributed by atoms with Gasteiger partial charge in [0.05, 0.1) is 6.61 Å². The highest BCUT2D eigenvalue weighted by Crippen LogP contribution is 2.31. The van der Waals surface area contributed by atoms with Gasteiger partial charge in [-0.3, -0.25) is 4.79 Å². The summed E-state index contributed by atoms with van der Waals surface area (Å²) in [7, 11) is 0. The maximum atomic E-state index is 12.5. The molecule has 0 saturated heterocycles. The van der Waals surface area contributed by atoms with E-state index in [0.29, 0.717) is 16.1 Å². The van der Waals surface area contributed by atoms with Crippen LogP contribution in [0.2, 0.25) is 0 Å². The summed E-state index contributed by atoms with van der Waals surface area (Å²) in [6.45, 7) is -2.41. The summed E-state index contributed by atoms with van der Waals surface area (Å²) < 4.78 is 37.4. The van der Waals surface area contributed by atoms with Gasteiger partial charge in [0, 0.05) is 12.6 Å². The lowest BCUT2D eigenvalue weighted by Gasteiger charge is -2.22. The highest BCUT2D eigenvalue weighted by Gasteiger charge is 2.34. The van der Waals surface area contributed by atoms with Gasteiger partial charge in [-0.1, -0.05) is 11.3 Å². The second-order valence-corrected chi connectivity index (χ2v) is 5.72. The van der Waals surface area contributed by atoms with Crippen molar-refractivity contribution < 1.29 is 23.1 Å². The van der Waals surface area contributed by atoms with Crippen LogP contribution < -0.4 is 11.1 Å². The lowest BCUT2D eigenvalue weighted by atomic mass is 10.3. The second kappa shape index (κ2) is 6.06. The van der Waals surface area contributed by atoms with E-state index in [1.54, 1.807) is 0 Å². The molecule has 0 unspecified atom stereocenters. The van der Waals surface area contributed by atoms with Crippen LogP contribution in [0.4, 0.5) is 24.1 Å². The first-order valence-corrected chi connectivity index (χ1v) is 7.11. The monoisotopic (exact) mass is 324 g/mol. The Kier molecular flexibility index (Phi) is 4.57. The van der Waals surface area contributed by atoms with Crippen LogP contribution in [0, 0.1) is 0 Å². The smallest absolute Gasteiger partial charge is 0.395 e. The van der Waals surface area contributed by atoms with Gasteiger partial charge in [0.25, 0.3) is 5.91 Å². The van der Waals surface area contributed by atoms with Gasteiger partial charge in [-0.15, -0.1) is 0 Å². The SMILES string of the molecule is Nc1nc(NC2CC2)sc1C(=O)N(CCO)CC(F)(F)F. The first-order valence-electron chi connectivity index (χ1n) is 6.30. The third-order valence-corrected chi connectivity index (χ3v) is 3.77. The number of hydrogen-bond donors (Lipinski definition) is 3. The zero-order valence-corrected chi connectivity index (χ0v) is 11.8. The standard InChI is InChI=1S/C11H15F3N4O2S/c12-11(13,14)5-18(3-4-19)9(20)7-8(15)17-10(21-7)16-6-1-2-6/h6,19H,1-5,15H2,(H,16,17). The van der Waals surface area contributed by atoms with E-state index in [1.807, 2.05) is 0 Å². The molecule has 10 heteroatoms. The molecule has 1 fully saturated rings. The molecule has 1 heterocycles. The number of hydrogen-bond acceptors (Lipinski definition) is 6. The molecule has 0 spiro atoms. The number of alkyl halides is 3. The van der Waals surface area contributed by atoms with Crippen molar-refractivity contribution >= 4 is 28.2 Å². The van der Waals surface area contributed by atoms with E-state index in [0.717, 1.165) is 24.2 Å². The molecule has 1 aromatic rings. The Balaban J connectivity index is 2.13. The van der Waals surface area contributed by atoms with Gasteiger partial charge < -0.3 is 21.1 Å². The van der Waals surface area contributed by atoms with Crippen LogP contribution in [-0.2, 0) is 0 Å². The molecule has 1 aliphatic carbocycles. The molecule has 0 bridgehead atoms. The van der Waals surface area contributed by atoms with Crippen molar-refractivity contribution in [1.82, 2.24) is 9.88 Å². The number of carbonyl (C=O) groups excluding carboxylic acids is 1. The Bertz CT molecular complexity index is 516. The Morgan fingerprint density at radius 2 is 2.19 bits per heavy atom. The molecule has 4 N–H and O–H groups in total. The van der Waals surface area contributed by atoms with Crippen LogP contribution >= 0.6 is 11.3 Å². The summed E-state index contributed by atoms with van der Waals surface area (Å²) in [5, 5.41) is 12.3. The largest absolute Gasteiger partial charge is 0.406 e. The van der Waals surface area contributed by atoms with Crippen molar-refractivity contribution in [3.8, 4) is 0 Å². The van der Waals surface area contributed by atoms with E-state index >= 15 is 0 Å². The van der Waals surface area contributed by atoms with Crippen molar-refractivity contribution in [3.05, 3.63) is 4.88 Å². The minimum absolute atomic E-state index is 0.0455. The number of aromatic nitrogens is 1. The Labute approximate surface area is 122 Å². The minimum Gasteiger partial charge on any atom is -0.395 e. The zero-order chi connectivity index (χ0) is 15.6. The van der Waals surface area contributed by atoms with E-state index in [9.17, 15) is 18.0 Å². The molecule has 6 nitrogen and oxygen atoms in total. The van der Waals surface area contributed by atoms with Crippen LogP contribution in [0.15, 0.2) is 0 Å². The first-order chi connectivity index (χ1) is 9.80. The molecule has 118 valence electrons. The zero-order valence-electron chi connectivity index (χ0n) is 11.0. The van der Waals surface area contributed by atoms with E-state index in [-0.39, 0.29) is 10.7 Å². The molecule has 0 aliphatic heterocycles. The summed E-state index contributed by atoms with van der Waals surface area (Å²) in [6.07, 6.45) is -2.56. The fourth-order valence-electron chi connectivity index (χ4n) is 1.68. The lowest BCUT2D eigenvalue weighted by Crippen LogP contribution is -2.40. The normalized spacial score (nSPS) is 15.0. The number of nitrogens with two attached hydrogens (primary N) is 1. The number of nitrogen functional groups attached to an aromatic ring is 1. The third kappa shape index (κ3) is 4.46. The molecule has 1 amide bonds. The van der Waals surface area contributed by atoms with Gasteiger partial charge in [-0.2, -0.15) is 13.2 Å². The number of aliphatic hydroxyl groups is 1. The highest BCUT2D eigenvalue weighted by atomic mass is 32.1. The van der Waals surface area contributed by atoms with E-state index in [1.165, 1.54) is 0 Å². The Hall–Kier alpha value is -1.55. The van der Waals surface area contributed by atoms with Gasteiger partial charge in [0.1, 0.15) is 17.2 Å². The molecule has 0 atom stereocenters. The summed E-state index contributed by atoms with van der Waals surface area (Å²) in [5.41, 5.74) is 5.60. The molecular formula is C11H15F3N4O2S. The molecular weight excluding hydrogens is 309 g/mol. The van der Waals surface area contributed by atoms with Crippen molar-refractivity contribution in [3.63, 3.8) is 0 Å². The molecule has 1 aliphatic rings. The number of aliphatic hydroxyl groups excluding tert-OH is 1. The van der Waals surface area contributed by atoms with E-state index < -0.39 is 31.8 Å². The fourth-order valence-corrected chi connectivity index (χ4v) is 2.61. The van der Waals surface area contributed by atoms with Crippen molar-refractivity contribution in [2.24, 2.45) is 0 Å². The average Bonchev–Trinajstić information content (AvgIpc) is 3.09. The van der Waals surface area contributed by atoms with Crippen LogP contribution in [0.5, 0.6) is 0 Å². The number of nitrogens with zero attached hydrogens (tertiary/aromatic N) is 2. The van der Waals surface area contributed by atoms with Gasteiger partial charge in [-0.05, 0) is 12.8 Å². The minimum atomic E-state index is -4.54. The quantitative estimate of drug-likeness (QED) is 0.733. The Morgan fingerprint density at radius 3 is 2.71 bits per heavy atom. The van der Waals surface area contributed by atoms with Gasteiger partial charge >= 0.3 is 6.18 Å². The van der Waals surface area contributed by atoms with E-state index in [2.05, 4.69) is 10.3 Å². The molecule has 2 rings (SSSR count). The topological polar surface area (TPSA) is 91.5 Å². The molecule has 0 aromatic carbocycles. The number of nitrogens with one attached hydrogen (secondary N) is 1. The third-order valence-electron chi connectivity index (χ3n) is 2.78. The van der Waals surface area contributed by atoms with Gasteiger partial charge in [0.15, 0.2) is 5.13 Å². The summed E-state index contributed by atoms with van der Waals surface area (Å²) in [6, 6.07) is 0.294. The van der Waals surface area contributed by atoms with Crippen LogP contribution in [0.1, 0.15) is 22.5 Å². The number of thiazole rings is 1. The van der Waals surface area contributed by atoms with Gasteiger partial charge in [0.2, 0.25) is 0 Å². The predicted octanol–water partition coefficient (Wildman–Crippen LogP) is 1.30. The summed E-state index contributed by atoms with van der Waals surface area (Å²) in [4.78, 5) is 16.5. The fraction of sp³-hybridized carbons (Fsp3) is 0.636. The molecule has 0 radical (unpaired) electrons. The van der Waals surface area contributed by atoms with Crippen molar-refractivity contribution in [2.45, 2.75) is 25.1 Å². The van der Waals surface area contributed by atoms with Crippen LogP contribution in [-0.4, -0.2) is 52.8 Å². The average molecular weight is 324 g/mol. The van der Waals surface area contributed by atoms with Gasteiger partial charge in [-0.25, -0.2) is 4.98 Å². The number of anilines is 2. The number of halogens is 3. The molecule has 1 aromatic heterocycles. The maximum absolute atomic E-state index is 12.5. The second-order valence-electron chi connectivity index (χ2n) is 4.72. The predicted molar refractivity (Wildman–Crippen MR) is 72.2 cm³/mol. The molecule has 1 saturated carbocycles. The van der Waals surface area contributed by atoms with Crippen molar-refractivity contribution in [1.29, 1.82) is 0 Å². The molecule has 21 heavy (non-hydrogen) atoms. The number of carbonyl (C=O) groups is 1. The number of rotatable bonds is 6. The summed E-state index contributed by atoms with van der Waals surface area (Å²) >= 11 is 0.929. The van der Waals surface area contributed by atoms with Crippen LogP contribution in [0.3, 0.4) is 0 Å². The van der Waals surface area contributed by atoms with E-state index in [4.69, 9.17) is 10.8 Å². The Morgan fingerprint density at radius 1 is 1.52 bits per heavy atom. The summed E-state index contributed by atoms with van der Waals surface area (Å²) in [5.74, 6) is -0.974. The van der Waals surface area contributed by atoms with Crippen molar-refractivity contribution in [2.75, 3.05) is 30.7 Å². The highest BCUT2D eigenvalue weighted by molar-refractivity contribution is 7.18.